The first-order valence-electron chi connectivity index (χ1n) is 6.86. The summed E-state index contributed by atoms with van der Waals surface area (Å²) < 4.78 is 10.3. The molecule has 0 rings (SSSR count). The average molecular weight is 402 g/mol. The van der Waals surface area contributed by atoms with Gasteiger partial charge in [-0.25, -0.2) is 0 Å². The molecule has 122 valence electrons. The number of guanidine groups is 1. The number of methoxy groups -OCH3 is 1. The van der Waals surface area contributed by atoms with Crippen molar-refractivity contribution in [3.8, 4) is 0 Å². The summed E-state index contributed by atoms with van der Waals surface area (Å²) in [4.78, 5) is 6.35. The Morgan fingerprint density at radius 2 is 1.70 bits per heavy atom. The van der Waals surface area contributed by atoms with E-state index in [2.05, 4.69) is 34.6 Å². The normalized spacial score (nSPS) is 11.3. The Bertz CT molecular complexity index is 228. The fourth-order valence-electron chi connectivity index (χ4n) is 1.45. The first-order chi connectivity index (χ1) is 9.20. The molecule has 0 spiro atoms. The number of nitrogens with one attached hydrogen (secondary N) is 2. The zero-order valence-electron chi connectivity index (χ0n) is 13.3. The van der Waals surface area contributed by atoms with E-state index in [1.807, 2.05) is 0 Å². The van der Waals surface area contributed by atoms with Crippen LogP contribution in [0.2, 0.25) is 0 Å². The number of hydrogen-bond donors (Lipinski definition) is 2. The highest BCUT2D eigenvalue weighted by atomic mass is 127. The second kappa shape index (κ2) is 16.9. The smallest absolute Gasteiger partial charge is 0.190 e. The first kappa shape index (κ1) is 22.2. The van der Waals surface area contributed by atoms with E-state index in [0.717, 1.165) is 45.0 Å². The van der Waals surface area contributed by atoms with Gasteiger partial charge in [-0.3, -0.25) is 4.99 Å². The molecular weight excluding hydrogens is 371 g/mol. The summed E-state index contributed by atoms with van der Waals surface area (Å²) in [5.74, 6) is 0.857. The molecule has 0 aromatic carbocycles. The van der Waals surface area contributed by atoms with Crippen molar-refractivity contribution < 1.29 is 9.47 Å². The van der Waals surface area contributed by atoms with Crippen molar-refractivity contribution >= 4 is 29.9 Å². The minimum absolute atomic E-state index is 0. The second-order valence-corrected chi connectivity index (χ2v) is 4.54. The lowest BCUT2D eigenvalue weighted by Gasteiger charge is -2.13. The van der Waals surface area contributed by atoms with E-state index < -0.39 is 0 Å². The van der Waals surface area contributed by atoms with Crippen LogP contribution in [0.4, 0.5) is 0 Å². The minimum Gasteiger partial charge on any atom is -0.382 e. The number of halogens is 1. The van der Waals surface area contributed by atoms with Crippen molar-refractivity contribution in [2.75, 3.05) is 67.7 Å². The third-order valence-corrected chi connectivity index (χ3v) is 2.49. The van der Waals surface area contributed by atoms with Gasteiger partial charge in [-0.2, -0.15) is 0 Å². The Balaban J connectivity index is 0. The van der Waals surface area contributed by atoms with Gasteiger partial charge in [0, 0.05) is 33.9 Å². The lowest BCUT2D eigenvalue weighted by Crippen LogP contribution is -2.39. The second-order valence-electron chi connectivity index (χ2n) is 4.54. The molecule has 0 aliphatic heterocycles. The highest BCUT2D eigenvalue weighted by Gasteiger charge is 1.97. The average Bonchev–Trinajstić information content (AvgIpc) is 2.39. The van der Waals surface area contributed by atoms with Gasteiger partial charge in [-0.15, -0.1) is 24.0 Å². The lowest BCUT2D eigenvalue weighted by atomic mass is 10.4. The molecule has 0 aliphatic rings. The zero-order valence-corrected chi connectivity index (χ0v) is 15.6. The summed E-state index contributed by atoms with van der Waals surface area (Å²) in [7, 11) is 7.63. The lowest BCUT2D eigenvalue weighted by molar-refractivity contribution is 0.0698. The Hall–Kier alpha value is -0.120. The zero-order chi connectivity index (χ0) is 14.3. The van der Waals surface area contributed by atoms with Crippen LogP contribution in [0.3, 0.4) is 0 Å². The van der Waals surface area contributed by atoms with E-state index >= 15 is 0 Å². The van der Waals surface area contributed by atoms with Gasteiger partial charge in [-0.05, 0) is 33.5 Å². The predicted molar refractivity (Wildman–Crippen MR) is 95.3 cm³/mol. The van der Waals surface area contributed by atoms with Gasteiger partial charge in [0.2, 0.25) is 0 Å². The van der Waals surface area contributed by atoms with Gasteiger partial charge in [0.1, 0.15) is 0 Å². The maximum absolute atomic E-state index is 5.38. The Kier molecular flexibility index (Phi) is 18.8. The van der Waals surface area contributed by atoms with Gasteiger partial charge < -0.3 is 25.0 Å². The third-order valence-electron chi connectivity index (χ3n) is 2.49. The van der Waals surface area contributed by atoms with Gasteiger partial charge in [0.25, 0.3) is 0 Å². The number of aliphatic imine (C=N–C) groups is 1. The van der Waals surface area contributed by atoms with Crippen molar-refractivity contribution in [1.82, 2.24) is 15.5 Å². The standard InChI is InChI=1S/C13H30N4O2.HI/c1-14-13(15-7-5-9-17(2)3)16-8-6-10-19-12-11-18-4;/h5-12H2,1-4H3,(H2,14,15,16);1H. The van der Waals surface area contributed by atoms with Crippen LogP contribution in [0, 0.1) is 0 Å². The van der Waals surface area contributed by atoms with Crippen molar-refractivity contribution in [2.45, 2.75) is 12.8 Å². The van der Waals surface area contributed by atoms with Crippen LogP contribution < -0.4 is 10.6 Å². The van der Waals surface area contributed by atoms with Gasteiger partial charge in [-0.1, -0.05) is 0 Å². The van der Waals surface area contributed by atoms with Crippen LogP contribution in [0.1, 0.15) is 12.8 Å². The van der Waals surface area contributed by atoms with Crippen molar-refractivity contribution in [2.24, 2.45) is 4.99 Å². The van der Waals surface area contributed by atoms with E-state index in [1.54, 1.807) is 14.2 Å². The number of nitrogens with zero attached hydrogens (tertiary/aromatic N) is 2. The van der Waals surface area contributed by atoms with Crippen LogP contribution >= 0.6 is 24.0 Å². The van der Waals surface area contributed by atoms with E-state index in [0.29, 0.717) is 13.2 Å². The van der Waals surface area contributed by atoms with Gasteiger partial charge >= 0.3 is 0 Å². The summed E-state index contributed by atoms with van der Waals surface area (Å²) in [5.41, 5.74) is 0. The largest absolute Gasteiger partial charge is 0.382 e. The molecule has 0 saturated carbocycles. The molecule has 0 saturated heterocycles. The molecule has 0 aromatic heterocycles. The topological polar surface area (TPSA) is 58.1 Å². The van der Waals surface area contributed by atoms with Gasteiger partial charge in [0.15, 0.2) is 5.96 Å². The molecule has 2 N–H and O–H groups in total. The summed E-state index contributed by atoms with van der Waals surface area (Å²) in [6, 6.07) is 0. The molecule has 0 aromatic rings. The SMILES string of the molecule is CN=C(NCCCOCCOC)NCCCN(C)C.I. The monoisotopic (exact) mass is 402 g/mol. The Labute approximate surface area is 140 Å². The molecule has 0 atom stereocenters. The quantitative estimate of drug-likeness (QED) is 0.232. The predicted octanol–water partition coefficient (Wildman–Crippen LogP) is 0.774. The summed E-state index contributed by atoms with van der Waals surface area (Å²) in [6.45, 7) is 4.93. The molecule has 0 bridgehead atoms. The van der Waals surface area contributed by atoms with Crippen molar-refractivity contribution in [3.05, 3.63) is 0 Å². The van der Waals surface area contributed by atoms with Gasteiger partial charge in [0.05, 0.1) is 13.2 Å². The van der Waals surface area contributed by atoms with E-state index in [4.69, 9.17) is 9.47 Å². The maximum Gasteiger partial charge on any atom is 0.190 e. The minimum atomic E-state index is 0. The summed E-state index contributed by atoms with van der Waals surface area (Å²) >= 11 is 0. The molecular formula is C13H31IN4O2. The Morgan fingerprint density at radius 3 is 2.25 bits per heavy atom. The van der Waals surface area contributed by atoms with Crippen LogP contribution in [0.25, 0.3) is 0 Å². The molecule has 0 unspecified atom stereocenters. The number of ether oxygens (including phenoxy) is 2. The van der Waals surface area contributed by atoms with Crippen molar-refractivity contribution in [1.29, 1.82) is 0 Å². The molecule has 0 heterocycles. The number of hydrogen-bond acceptors (Lipinski definition) is 4. The fraction of sp³-hybridized carbons (Fsp3) is 0.923. The molecule has 0 aliphatic carbocycles. The third kappa shape index (κ3) is 15.9. The van der Waals surface area contributed by atoms with E-state index in [-0.39, 0.29) is 24.0 Å². The number of rotatable bonds is 11. The van der Waals surface area contributed by atoms with Crippen molar-refractivity contribution in [3.63, 3.8) is 0 Å². The van der Waals surface area contributed by atoms with E-state index in [1.165, 1.54) is 0 Å². The highest BCUT2D eigenvalue weighted by molar-refractivity contribution is 14.0. The van der Waals surface area contributed by atoms with Crippen LogP contribution in [-0.4, -0.2) is 78.6 Å². The molecule has 7 heteroatoms. The van der Waals surface area contributed by atoms with E-state index in [9.17, 15) is 0 Å². The van der Waals surface area contributed by atoms with Crippen LogP contribution in [0.5, 0.6) is 0 Å². The van der Waals surface area contributed by atoms with Crippen LogP contribution in [-0.2, 0) is 9.47 Å². The summed E-state index contributed by atoms with van der Waals surface area (Å²) in [5, 5.41) is 6.55. The molecule has 0 radical (unpaired) electrons. The molecule has 0 amide bonds. The molecule has 6 nitrogen and oxygen atoms in total. The Morgan fingerprint density at radius 1 is 1.05 bits per heavy atom. The molecule has 0 fully saturated rings. The van der Waals surface area contributed by atoms with Crippen LogP contribution in [0.15, 0.2) is 4.99 Å². The highest BCUT2D eigenvalue weighted by Crippen LogP contribution is 1.83. The maximum atomic E-state index is 5.38. The molecule has 20 heavy (non-hydrogen) atoms. The fourth-order valence-corrected chi connectivity index (χ4v) is 1.45. The summed E-state index contributed by atoms with van der Waals surface area (Å²) in [6.07, 6.45) is 2.07. The first-order valence-corrected chi connectivity index (χ1v) is 6.86.